The van der Waals surface area contributed by atoms with Crippen LogP contribution in [-0.2, 0) is 6.54 Å². The first-order chi connectivity index (χ1) is 11.3. The minimum atomic E-state index is 0.137. The van der Waals surface area contributed by atoms with Gasteiger partial charge in [-0.1, -0.05) is 0 Å². The van der Waals surface area contributed by atoms with Gasteiger partial charge in [0, 0.05) is 25.7 Å². The van der Waals surface area contributed by atoms with Crippen LogP contribution in [0.5, 0.6) is 5.75 Å². The highest BCUT2D eigenvalue weighted by Gasteiger charge is 2.27. The Balaban J connectivity index is 1.55. The first-order valence-corrected chi connectivity index (χ1v) is 7.82. The maximum Gasteiger partial charge on any atom is 0.165 e. The number of ether oxygens (including phenoxy) is 1. The van der Waals surface area contributed by atoms with Crippen molar-refractivity contribution in [2.75, 3.05) is 18.0 Å². The molecule has 1 aliphatic rings. The largest absolute Gasteiger partial charge is 0.487 e. The summed E-state index contributed by atoms with van der Waals surface area (Å²) in [6.45, 7) is 4.62. The van der Waals surface area contributed by atoms with Gasteiger partial charge in [0.2, 0.25) is 0 Å². The van der Waals surface area contributed by atoms with E-state index in [1.807, 2.05) is 23.0 Å². The number of rotatable bonds is 4. The van der Waals surface area contributed by atoms with Crippen LogP contribution in [0.4, 0.5) is 5.82 Å². The van der Waals surface area contributed by atoms with E-state index in [4.69, 9.17) is 4.74 Å². The second kappa shape index (κ2) is 5.83. The molecular weight excluding hydrogens is 292 g/mol. The highest BCUT2D eigenvalue weighted by molar-refractivity contribution is 5.83. The van der Waals surface area contributed by atoms with Gasteiger partial charge in [-0.3, -0.25) is 4.98 Å². The topological polar surface area (TPSA) is 69.0 Å². The standard InChI is InChI=1S/C16H18N6O/c1-2-21-11-20-14-15(21)18-10-19-16(14)22-7-5-13(9-22)23-12-4-3-6-17-8-12/h3-4,6,8,10-11,13H,2,5,7,9H2,1H3/t13-/m1/s1. The van der Waals surface area contributed by atoms with Gasteiger partial charge in [-0.25, -0.2) is 15.0 Å². The fraction of sp³-hybridized carbons (Fsp3) is 0.375. The summed E-state index contributed by atoms with van der Waals surface area (Å²) in [4.78, 5) is 19.6. The summed E-state index contributed by atoms with van der Waals surface area (Å²) in [5.74, 6) is 1.70. The molecule has 1 fully saturated rings. The van der Waals surface area contributed by atoms with Crippen molar-refractivity contribution in [2.45, 2.75) is 26.0 Å². The van der Waals surface area contributed by atoms with Gasteiger partial charge in [-0.05, 0) is 19.1 Å². The number of aromatic nitrogens is 5. The minimum Gasteiger partial charge on any atom is -0.487 e. The zero-order valence-corrected chi connectivity index (χ0v) is 13.0. The smallest absolute Gasteiger partial charge is 0.165 e. The molecule has 0 amide bonds. The number of nitrogens with zero attached hydrogens (tertiary/aromatic N) is 6. The highest BCUT2D eigenvalue weighted by atomic mass is 16.5. The summed E-state index contributed by atoms with van der Waals surface area (Å²) >= 11 is 0. The van der Waals surface area contributed by atoms with Crippen LogP contribution >= 0.6 is 0 Å². The van der Waals surface area contributed by atoms with Gasteiger partial charge in [0.1, 0.15) is 18.2 Å². The molecule has 0 saturated carbocycles. The maximum absolute atomic E-state index is 5.99. The van der Waals surface area contributed by atoms with E-state index in [0.29, 0.717) is 0 Å². The fourth-order valence-corrected chi connectivity index (χ4v) is 2.96. The van der Waals surface area contributed by atoms with Crippen molar-refractivity contribution in [3.05, 3.63) is 37.2 Å². The zero-order valence-electron chi connectivity index (χ0n) is 13.0. The van der Waals surface area contributed by atoms with Gasteiger partial charge in [-0.15, -0.1) is 0 Å². The zero-order chi connectivity index (χ0) is 15.6. The molecule has 1 atom stereocenters. The third-order valence-electron chi connectivity index (χ3n) is 4.10. The lowest BCUT2D eigenvalue weighted by Gasteiger charge is -2.18. The van der Waals surface area contributed by atoms with Crippen LogP contribution in [0.2, 0.25) is 0 Å². The molecule has 1 saturated heterocycles. The number of aryl methyl sites for hydroxylation is 1. The van der Waals surface area contributed by atoms with Crippen LogP contribution < -0.4 is 9.64 Å². The molecule has 0 unspecified atom stereocenters. The molecule has 4 heterocycles. The fourth-order valence-electron chi connectivity index (χ4n) is 2.96. The molecule has 7 heteroatoms. The molecule has 1 aliphatic heterocycles. The van der Waals surface area contributed by atoms with Crippen LogP contribution in [0.25, 0.3) is 11.2 Å². The van der Waals surface area contributed by atoms with Crippen molar-refractivity contribution in [1.82, 2.24) is 24.5 Å². The second-order valence-corrected chi connectivity index (χ2v) is 5.56. The van der Waals surface area contributed by atoms with Crippen molar-refractivity contribution < 1.29 is 4.74 Å². The van der Waals surface area contributed by atoms with Crippen LogP contribution in [0, 0.1) is 0 Å². The van der Waals surface area contributed by atoms with E-state index in [2.05, 4.69) is 31.8 Å². The Labute approximate surface area is 134 Å². The summed E-state index contributed by atoms with van der Waals surface area (Å²) in [6.07, 6.45) is 8.01. The van der Waals surface area contributed by atoms with E-state index in [9.17, 15) is 0 Å². The molecule has 3 aromatic heterocycles. The van der Waals surface area contributed by atoms with E-state index in [1.54, 1.807) is 18.7 Å². The van der Waals surface area contributed by atoms with E-state index >= 15 is 0 Å². The Bertz CT molecular complexity index is 803. The quantitative estimate of drug-likeness (QED) is 0.733. The molecule has 23 heavy (non-hydrogen) atoms. The Kier molecular flexibility index (Phi) is 3.53. The van der Waals surface area contributed by atoms with Gasteiger partial charge in [0.05, 0.1) is 19.1 Å². The Morgan fingerprint density at radius 3 is 3.09 bits per heavy atom. The molecule has 0 spiro atoms. The molecule has 0 bridgehead atoms. The SMILES string of the molecule is CCn1cnc2c(N3CC[C@@H](Oc4cccnc4)C3)ncnc21. The van der Waals surface area contributed by atoms with E-state index in [-0.39, 0.29) is 6.10 Å². The van der Waals surface area contributed by atoms with Gasteiger partial charge in [0.25, 0.3) is 0 Å². The van der Waals surface area contributed by atoms with E-state index in [1.165, 1.54) is 0 Å². The van der Waals surface area contributed by atoms with Crippen molar-refractivity contribution in [3.63, 3.8) is 0 Å². The minimum absolute atomic E-state index is 0.137. The van der Waals surface area contributed by atoms with Gasteiger partial charge < -0.3 is 14.2 Å². The lowest BCUT2D eigenvalue weighted by molar-refractivity contribution is 0.224. The molecule has 118 valence electrons. The Morgan fingerprint density at radius 1 is 1.30 bits per heavy atom. The lowest BCUT2D eigenvalue weighted by Crippen LogP contribution is -2.25. The molecule has 0 aliphatic carbocycles. The summed E-state index contributed by atoms with van der Waals surface area (Å²) in [5.41, 5.74) is 1.74. The first kappa shape index (κ1) is 13.9. The van der Waals surface area contributed by atoms with Gasteiger partial charge >= 0.3 is 0 Å². The number of pyridine rings is 1. The summed E-state index contributed by atoms with van der Waals surface area (Å²) < 4.78 is 8.02. The van der Waals surface area contributed by atoms with Crippen LogP contribution in [-0.4, -0.2) is 43.7 Å². The second-order valence-electron chi connectivity index (χ2n) is 5.56. The maximum atomic E-state index is 5.99. The molecular formula is C16H18N6O. The predicted molar refractivity (Wildman–Crippen MR) is 86.5 cm³/mol. The number of fused-ring (bicyclic) bond motifs is 1. The summed E-state index contributed by atoms with van der Waals surface area (Å²) in [6, 6.07) is 3.81. The number of hydrogen-bond donors (Lipinski definition) is 0. The van der Waals surface area contributed by atoms with E-state index in [0.717, 1.165) is 48.8 Å². The average Bonchev–Trinajstić information content (AvgIpc) is 3.22. The number of hydrogen-bond acceptors (Lipinski definition) is 6. The van der Waals surface area contributed by atoms with Gasteiger partial charge in [0.15, 0.2) is 17.0 Å². The van der Waals surface area contributed by atoms with Crippen LogP contribution in [0.3, 0.4) is 0 Å². The normalized spacial score (nSPS) is 17.8. The van der Waals surface area contributed by atoms with Gasteiger partial charge in [-0.2, -0.15) is 0 Å². The summed E-state index contributed by atoms with van der Waals surface area (Å²) in [5, 5.41) is 0. The third kappa shape index (κ3) is 2.58. The highest BCUT2D eigenvalue weighted by Crippen LogP contribution is 2.26. The molecule has 0 N–H and O–H groups in total. The molecule has 7 nitrogen and oxygen atoms in total. The number of imidazole rings is 1. The predicted octanol–water partition coefficient (Wildman–Crippen LogP) is 1.90. The monoisotopic (exact) mass is 310 g/mol. The van der Waals surface area contributed by atoms with E-state index < -0.39 is 0 Å². The Hall–Kier alpha value is -2.70. The Morgan fingerprint density at radius 2 is 2.26 bits per heavy atom. The first-order valence-electron chi connectivity index (χ1n) is 7.82. The molecule has 0 radical (unpaired) electrons. The van der Waals surface area contributed by atoms with Crippen LogP contribution in [0.15, 0.2) is 37.2 Å². The summed E-state index contributed by atoms with van der Waals surface area (Å²) in [7, 11) is 0. The van der Waals surface area contributed by atoms with Crippen LogP contribution in [0.1, 0.15) is 13.3 Å². The third-order valence-corrected chi connectivity index (χ3v) is 4.10. The molecule has 0 aromatic carbocycles. The lowest BCUT2D eigenvalue weighted by atomic mass is 10.3. The molecule has 3 aromatic rings. The average molecular weight is 310 g/mol. The van der Waals surface area contributed by atoms with Crippen molar-refractivity contribution >= 4 is 17.0 Å². The van der Waals surface area contributed by atoms with Crippen molar-refractivity contribution in [1.29, 1.82) is 0 Å². The van der Waals surface area contributed by atoms with Crippen molar-refractivity contribution in [2.24, 2.45) is 0 Å². The number of anilines is 1. The molecule has 4 rings (SSSR count). The van der Waals surface area contributed by atoms with Crippen molar-refractivity contribution in [3.8, 4) is 5.75 Å².